The van der Waals surface area contributed by atoms with Crippen LogP contribution in [0.2, 0.25) is 0 Å². The Hall–Kier alpha value is -0.240. The van der Waals surface area contributed by atoms with Crippen molar-refractivity contribution < 1.29 is 14.2 Å². The molecule has 7 rings (SSSR count). The van der Waals surface area contributed by atoms with E-state index in [-0.39, 0.29) is 5.60 Å². The Kier molecular flexibility index (Phi) is 69.0. The van der Waals surface area contributed by atoms with Crippen molar-refractivity contribution >= 4 is 0 Å². The molecule has 602 valence electrons. The van der Waals surface area contributed by atoms with Gasteiger partial charge in [0, 0.05) is 44.1 Å². The van der Waals surface area contributed by atoms with Crippen LogP contribution in [0.25, 0.3) is 0 Å². The van der Waals surface area contributed by atoms with Gasteiger partial charge in [0.05, 0.1) is 12.2 Å². The second-order valence-corrected chi connectivity index (χ2v) is 34.0. The average Bonchev–Trinajstić information content (AvgIpc) is 1.62. The highest BCUT2D eigenvalue weighted by Gasteiger charge is 2.47. The zero-order chi connectivity index (χ0) is 78.5. The van der Waals surface area contributed by atoms with E-state index in [2.05, 4.69) is 217 Å². The van der Waals surface area contributed by atoms with E-state index in [4.69, 9.17) is 14.2 Å². The fourth-order valence-electron chi connectivity index (χ4n) is 18.4. The summed E-state index contributed by atoms with van der Waals surface area (Å²) in [4.78, 5) is 0. The molecule has 6 saturated heterocycles. The third-order valence-corrected chi connectivity index (χ3v) is 25.5. The average molecular weight is 1400 g/mol. The molecule has 0 bridgehead atoms. The van der Waals surface area contributed by atoms with E-state index < -0.39 is 0 Å². The van der Waals surface area contributed by atoms with Crippen molar-refractivity contribution in [1.29, 1.82) is 0 Å². The number of nitrogens with one attached hydrogen (secondary N) is 3. The minimum absolute atomic E-state index is 0.179. The summed E-state index contributed by atoms with van der Waals surface area (Å²) < 4.78 is 17.0. The molecule has 0 spiro atoms. The molecule has 98 heavy (non-hydrogen) atoms. The topological polar surface area (TPSA) is 63.8 Å². The van der Waals surface area contributed by atoms with E-state index in [9.17, 15) is 0 Å². The first-order valence-corrected chi connectivity index (χ1v) is 44.0. The third kappa shape index (κ3) is 35.4. The van der Waals surface area contributed by atoms with Gasteiger partial charge in [0.25, 0.3) is 0 Å². The number of ether oxygens (including phenoxy) is 3. The van der Waals surface area contributed by atoms with Crippen LogP contribution in [0.3, 0.4) is 0 Å². The van der Waals surface area contributed by atoms with Crippen LogP contribution in [0.15, 0.2) is 0 Å². The minimum Gasteiger partial charge on any atom is -0.381 e. The molecule has 6 nitrogen and oxygen atoms in total. The lowest BCUT2D eigenvalue weighted by molar-refractivity contribution is -0.137. The van der Waals surface area contributed by atoms with Gasteiger partial charge in [-0.05, 0) is 220 Å². The van der Waals surface area contributed by atoms with E-state index in [1.165, 1.54) is 148 Å². The smallest absolute Gasteiger partial charge is 0.0728 e. The van der Waals surface area contributed by atoms with Gasteiger partial charge >= 0.3 is 0 Å². The molecule has 3 N–H and O–H groups in total. The Morgan fingerprint density at radius 1 is 0.265 bits per heavy atom. The molecule has 7 aliphatic rings. The van der Waals surface area contributed by atoms with Crippen molar-refractivity contribution in [2.45, 2.75) is 436 Å². The molecule has 0 aromatic carbocycles. The fourth-order valence-corrected chi connectivity index (χ4v) is 18.4. The van der Waals surface area contributed by atoms with Gasteiger partial charge in [0.15, 0.2) is 0 Å². The lowest BCUT2D eigenvalue weighted by Crippen LogP contribution is -2.56. The van der Waals surface area contributed by atoms with Crippen LogP contribution >= 0.6 is 0 Å². The van der Waals surface area contributed by atoms with Crippen LogP contribution in [0.4, 0.5) is 0 Å². The van der Waals surface area contributed by atoms with Crippen molar-refractivity contribution in [3.05, 3.63) is 0 Å². The van der Waals surface area contributed by atoms with Crippen molar-refractivity contribution in [2.75, 3.05) is 59.2 Å². The van der Waals surface area contributed by atoms with Crippen molar-refractivity contribution in [3.63, 3.8) is 0 Å². The summed E-state index contributed by atoms with van der Waals surface area (Å²) in [5.41, 5.74) is 3.63. The van der Waals surface area contributed by atoms with Crippen LogP contribution in [0.1, 0.15) is 420 Å². The highest BCUT2D eigenvalue weighted by molar-refractivity contribution is 5.04. The third-order valence-electron chi connectivity index (χ3n) is 25.5. The molecular weight excluding hydrogens is 1200 g/mol. The van der Waals surface area contributed by atoms with Crippen molar-refractivity contribution in [1.82, 2.24) is 16.0 Å². The maximum Gasteiger partial charge on any atom is 0.0728 e. The lowest BCUT2D eigenvalue weighted by Gasteiger charge is -2.45. The summed E-state index contributed by atoms with van der Waals surface area (Å²) in [6.45, 7) is 106. The molecule has 6 aliphatic heterocycles. The lowest BCUT2D eigenvalue weighted by atomic mass is 9.61. The molecule has 1 aliphatic carbocycles. The van der Waals surface area contributed by atoms with Gasteiger partial charge in [-0.25, -0.2) is 0 Å². The number of hydrogen-bond acceptors (Lipinski definition) is 6. The monoisotopic (exact) mass is 1400 g/mol. The molecule has 0 aromatic rings. The summed E-state index contributed by atoms with van der Waals surface area (Å²) in [5, 5.41) is 11.0. The SMILES string of the molecule is CC.CC.CC.CC.CC.CC.CC.CC(C)C1(C(C)(C)C)CCCN1.CC(C)C1(C(C)C)CCCCC1.CC(C)C1(C(C)C)CCCCN1.CC(C)C1(C(C)C)CCCCO1.CC(C)C1(C(C)C)CCCNC1.CC(C)C1(C(C)C)CCCOC1.CC(C)C1(C(C)C)CCOCC1. The summed E-state index contributed by atoms with van der Waals surface area (Å²) in [6, 6.07) is 0. The first-order chi connectivity index (χ1) is 46.0. The molecule has 0 aromatic heterocycles. The summed E-state index contributed by atoms with van der Waals surface area (Å²) in [5.74, 6) is 10.0. The van der Waals surface area contributed by atoms with Crippen molar-refractivity contribution in [3.8, 4) is 0 Å². The fraction of sp³-hybridized carbons (Fsp3) is 1.00. The van der Waals surface area contributed by atoms with Crippen LogP contribution in [-0.2, 0) is 14.2 Å². The van der Waals surface area contributed by atoms with E-state index in [0.29, 0.717) is 50.0 Å². The van der Waals surface area contributed by atoms with Gasteiger partial charge in [0.2, 0.25) is 0 Å². The molecule has 6 heteroatoms. The van der Waals surface area contributed by atoms with E-state index in [0.717, 1.165) is 98.1 Å². The second-order valence-electron chi connectivity index (χ2n) is 34.0. The van der Waals surface area contributed by atoms with Crippen LogP contribution < -0.4 is 16.0 Å². The maximum atomic E-state index is 5.99. The maximum absolute atomic E-state index is 5.99. The first-order valence-electron chi connectivity index (χ1n) is 44.0. The normalized spacial score (nSPS) is 21.6. The first kappa shape index (κ1) is 111. The second kappa shape index (κ2) is 60.8. The van der Waals surface area contributed by atoms with Gasteiger partial charge in [-0.3, -0.25) is 0 Å². The molecule has 1 unspecified atom stereocenters. The Balaban J connectivity index is -0.000000191. The van der Waals surface area contributed by atoms with Gasteiger partial charge in [-0.15, -0.1) is 0 Å². The van der Waals surface area contributed by atoms with Gasteiger partial charge in [-0.2, -0.15) is 0 Å². The van der Waals surface area contributed by atoms with Gasteiger partial charge in [0.1, 0.15) is 0 Å². The predicted molar refractivity (Wildman–Crippen MR) is 454 cm³/mol. The molecule has 1 saturated carbocycles. The molecule has 6 heterocycles. The summed E-state index contributed by atoms with van der Waals surface area (Å²) in [7, 11) is 0. The Labute approximate surface area is 626 Å². The van der Waals surface area contributed by atoms with Crippen LogP contribution in [-0.4, -0.2) is 75.9 Å². The predicted octanol–water partition coefficient (Wildman–Crippen LogP) is 29.2. The van der Waals surface area contributed by atoms with Gasteiger partial charge < -0.3 is 30.2 Å². The standard InChI is InChI=1S/C12H24.3C11H23N.3C11H22O.7C2H6/c1-10(2)12(11(3)4)8-6-5-7-9-12;1-9(2)11(10(3,4)5)7-6-8-12-11;1-9(2)11(10(3)4)6-5-7-12-8-11;1-9(2)11(10(3)4)7-5-6-8-12-11;1-9(2)11(10(3)4)5-7-12-8-6-11;1-9(2)11(10(3)4)6-5-7-12-8-11;1-9(2)11(10(3)4)7-5-6-8-12-11;7*1-2/h10-11H,5-9H2,1-4H3;9,12H,6-8H2,1-5H3;2*9-10,12H,5-8H2,1-4H3;3*9-10H,5-8H2,1-4H3;7*1-2H3. The minimum atomic E-state index is 0.179. The Bertz CT molecular complexity index is 1300. The van der Waals surface area contributed by atoms with E-state index in [1.807, 2.05) is 96.9 Å². The summed E-state index contributed by atoms with van der Waals surface area (Å²) in [6.07, 6.45) is 25.9. The highest BCUT2D eigenvalue weighted by Crippen LogP contribution is 2.49. The zero-order valence-corrected chi connectivity index (χ0v) is 77.0. The van der Waals surface area contributed by atoms with Crippen molar-refractivity contribution in [2.24, 2.45) is 104 Å². The molecule has 7 fully saturated rings. The Morgan fingerprint density at radius 2 is 0.622 bits per heavy atom. The number of piperidine rings is 2. The quantitative estimate of drug-likeness (QED) is 0.171. The zero-order valence-electron chi connectivity index (χ0n) is 77.0. The number of hydrogen-bond donors (Lipinski definition) is 3. The number of rotatable bonds is 13. The largest absolute Gasteiger partial charge is 0.381 e. The van der Waals surface area contributed by atoms with Gasteiger partial charge in [-0.1, -0.05) is 323 Å². The van der Waals surface area contributed by atoms with Crippen LogP contribution in [0.5, 0.6) is 0 Å². The highest BCUT2D eigenvalue weighted by atomic mass is 16.5. The molecular formula is C92H201N3O3. The van der Waals surface area contributed by atoms with Crippen LogP contribution in [0, 0.1) is 104 Å². The summed E-state index contributed by atoms with van der Waals surface area (Å²) >= 11 is 0. The van der Waals surface area contributed by atoms with E-state index >= 15 is 0 Å². The molecule has 0 amide bonds. The molecule has 0 radical (unpaired) electrons. The Morgan fingerprint density at radius 3 is 0.827 bits per heavy atom. The van der Waals surface area contributed by atoms with E-state index in [1.54, 1.807) is 0 Å². The molecule has 1 atom stereocenters.